The third kappa shape index (κ3) is 3.53. The Labute approximate surface area is 152 Å². The molecule has 2 aliphatic rings. The number of nitrogens with one attached hydrogen (secondary N) is 1. The Morgan fingerprint density at radius 1 is 1.15 bits per heavy atom. The number of aliphatic hydroxyl groups excluding tert-OH is 1. The van der Waals surface area contributed by atoms with Gasteiger partial charge in [0.15, 0.2) is 0 Å². The molecule has 1 fully saturated rings. The van der Waals surface area contributed by atoms with Crippen LogP contribution in [0.2, 0.25) is 0 Å². The molecule has 1 heterocycles. The van der Waals surface area contributed by atoms with Crippen molar-refractivity contribution in [2.75, 3.05) is 18.1 Å². The van der Waals surface area contributed by atoms with Crippen LogP contribution in [0.15, 0.2) is 39.1 Å². The van der Waals surface area contributed by atoms with Crippen LogP contribution in [0.5, 0.6) is 0 Å². The Balaban J connectivity index is 1.93. The second kappa shape index (κ2) is 7.22. The zero-order valence-corrected chi connectivity index (χ0v) is 15.2. The van der Waals surface area contributed by atoms with Crippen molar-refractivity contribution in [2.45, 2.75) is 42.7 Å². The summed E-state index contributed by atoms with van der Waals surface area (Å²) in [5, 5.41) is 8.80. The first-order valence-electron chi connectivity index (χ1n) is 8.58. The molecule has 1 aromatic carbocycles. The van der Waals surface area contributed by atoms with Crippen LogP contribution in [0.4, 0.5) is 5.69 Å². The summed E-state index contributed by atoms with van der Waals surface area (Å²) in [6, 6.07) is 6.37. The minimum atomic E-state index is -3.66. The number of aliphatic imine (C=N–C) groups is 2. The number of hydrogen-bond acceptors (Lipinski definition) is 8. The molecule has 0 atom stereocenters. The maximum Gasteiger partial charge on any atom is 0.240 e. The van der Waals surface area contributed by atoms with Crippen molar-refractivity contribution in [1.29, 1.82) is 0 Å². The molecule has 0 bridgehead atoms. The number of hydrogen-bond donors (Lipinski definition) is 4. The number of rotatable bonds is 5. The Bertz CT molecular complexity index is 813. The molecule has 1 aromatic rings. The summed E-state index contributed by atoms with van der Waals surface area (Å²) in [5.41, 5.74) is 12.1. The first-order chi connectivity index (χ1) is 12.4. The second-order valence-corrected chi connectivity index (χ2v) is 8.20. The van der Waals surface area contributed by atoms with Crippen LogP contribution in [-0.4, -0.2) is 44.3 Å². The van der Waals surface area contributed by atoms with E-state index in [1.807, 2.05) is 4.90 Å². The van der Waals surface area contributed by atoms with Gasteiger partial charge in [0, 0.05) is 12.2 Å². The van der Waals surface area contributed by atoms with Crippen molar-refractivity contribution in [3.63, 3.8) is 0 Å². The average Bonchev–Trinajstić information content (AvgIpc) is 2.60. The number of sulfonamides is 1. The van der Waals surface area contributed by atoms with Gasteiger partial charge in [-0.3, -0.25) is 4.90 Å². The first-order valence-corrected chi connectivity index (χ1v) is 10.1. The SMILES string of the molecule is NC1=NC2(CCCCC2)N(c2ccc(S(=O)(=O)NCCO)cc2)C(N)=N1. The fraction of sp³-hybridized carbons (Fsp3) is 0.500. The summed E-state index contributed by atoms with van der Waals surface area (Å²) in [5.74, 6) is 0.432. The standard InChI is InChI=1S/C16H24N6O3S/c17-14-20-15(18)22(16(21-14)8-2-1-3-9-16)12-4-6-13(7-5-12)26(24,25)19-10-11-23/h4-7,19,23H,1-3,8-11H2,(H4,17,18,20,21). The van der Waals surface area contributed by atoms with E-state index in [1.54, 1.807) is 12.1 Å². The van der Waals surface area contributed by atoms with Crippen LogP contribution >= 0.6 is 0 Å². The third-order valence-electron chi connectivity index (χ3n) is 4.66. The highest BCUT2D eigenvalue weighted by Crippen LogP contribution is 2.39. The minimum absolute atomic E-state index is 0.0348. The van der Waals surface area contributed by atoms with Crippen LogP contribution < -0.4 is 21.1 Å². The average molecular weight is 380 g/mol. The smallest absolute Gasteiger partial charge is 0.240 e. The van der Waals surface area contributed by atoms with E-state index in [0.29, 0.717) is 5.69 Å². The summed E-state index contributed by atoms with van der Waals surface area (Å²) in [4.78, 5) is 10.6. The van der Waals surface area contributed by atoms with Gasteiger partial charge < -0.3 is 16.6 Å². The molecule has 0 unspecified atom stereocenters. The lowest BCUT2D eigenvalue weighted by molar-refractivity contribution is 0.301. The molecule has 0 saturated heterocycles. The Hall–Kier alpha value is -2.17. The van der Waals surface area contributed by atoms with Gasteiger partial charge in [0.05, 0.1) is 11.5 Å². The van der Waals surface area contributed by atoms with Crippen molar-refractivity contribution in [1.82, 2.24) is 4.72 Å². The molecule has 1 saturated carbocycles. The summed E-state index contributed by atoms with van der Waals surface area (Å²) in [7, 11) is -3.66. The fourth-order valence-corrected chi connectivity index (χ4v) is 4.55. The van der Waals surface area contributed by atoms with Crippen LogP contribution in [0, 0.1) is 0 Å². The summed E-state index contributed by atoms with van der Waals surface area (Å²) in [6.07, 6.45) is 4.77. The monoisotopic (exact) mass is 380 g/mol. The lowest BCUT2D eigenvalue weighted by atomic mass is 9.87. The van der Waals surface area contributed by atoms with Crippen LogP contribution in [0.3, 0.4) is 0 Å². The molecule has 0 aromatic heterocycles. The number of benzene rings is 1. The van der Waals surface area contributed by atoms with Crippen LogP contribution in [0.25, 0.3) is 0 Å². The highest BCUT2D eigenvalue weighted by molar-refractivity contribution is 7.89. The molecular formula is C16H24N6O3S. The van der Waals surface area contributed by atoms with E-state index in [2.05, 4.69) is 14.7 Å². The molecule has 142 valence electrons. The number of nitrogens with two attached hydrogens (primary N) is 2. The molecule has 10 heteroatoms. The quantitative estimate of drug-likeness (QED) is 0.568. The highest BCUT2D eigenvalue weighted by Gasteiger charge is 2.42. The molecule has 0 radical (unpaired) electrons. The van der Waals surface area contributed by atoms with Gasteiger partial charge in [-0.15, -0.1) is 0 Å². The fourth-order valence-electron chi connectivity index (χ4n) is 3.53. The van der Waals surface area contributed by atoms with Gasteiger partial charge in [-0.1, -0.05) is 6.42 Å². The zero-order chi connectivity index (χ0) is 18.8. The van der Waals surface area contributed by atoms with Crippen LogP contribution in [-0.2, 0) is 10.0 Å². The van der Waals surface area contributed by atoms with Gasteiger partial charge in [-0.05, 0) is 49.9 Å². The van der Waals surface area contributed by atoms with Gasteiger partial charge in [0.1, 0.15) is 5.66 Å². The van der Waals surface area contributed by atoms with Crippen molar-refractivity contribution >= 4 is 27.6 Å². The van der Waals surface area contributed by atoms with Crippen molar-refractivity contribution < 1.29 is 13.5 Å². The van der Waals surface area contributed by atoms with E-state index in [1.165, 1.54) is 12.1 Å². The molecule has 3 rings (SSSR count). The number of anilines is 1. The minimum Gasteiger partial charge on any atom is -0.395 e. The van der Waals surface area contributed by atoms with Gasteiger partial charge >= 0.3 is 0 Å². The molecule has 9 nitrogen and oxygen atoms in total. The number of aliphatic hydroxyl groups is 1. The van der Waals surface area contributed by atoms with E-state index in [4.69, 9.17) is 16.6 Å². The number of guanidine groups is 2. The van der Waals surface area contributed by atoms with Crippen molar-refractivity contribution in [2.24, 2.45) is 21.5 Å². The zero-order valence-electron chi connectivity index (χ0n) is 14.4. The summed E-state index contributed by atoms with van der Waals surface area (Å²) < 4.78 is 26.6. The Morgan fingerprint density at radius 3 is 2.42 bits per heavy atom. The maximum absolute atomic E-state index is 12.2. The molecule has 26 heavy (non-hydrogen) atoms. The van der Waals surface area contributed by atoms with E-state index in [0.717, 1.165) is 32.1 Å². The lowest BCUT2D eigenvalue weighted by Crippen LogP contribution is -2.58. The van der Waals surface area contributed by atoms with E-state index < -0.39 is 15.7 Å². The molecule has 1 spiro atoms. The maximum atomic E-state index is 12.2. The molecule has 0 amide bonds. The lowest BCUT2D eigenvalue weighted by Gasteiger charge is -2.45. The topological polar surface area (TPSA) is 146 Å². The van der Waals surface area contributed by atoms with E-state index in [9.17, 15) is 8.42 Å². The second-order valence-electron chi connectivity index (χ2n) is 6.43. The predicted octanol–water partition coefficient (Wildman–Crippen LogP) is 0.0670. The molecular weight excluding hydrogens is 356 g/mol. The van der Waals surface area contributed by atoms with Crippen molar-refractivity contribution in [3.05, 3.63) is 24.3 Å². The number of nitrogens with zero attached hydrogens (tertiary/aromatic N) is 3. The van der Waals surface area contributed by atoms with Crippen LogP contribution in [0.1, 0.15) is 32.1 Å². The van der Waals surface area contributed by atoms with E-state index >= 15 is 0 Å². The van der Waals surface area contributed by atoms with E-state index in [-0.39, 0.29) is 30.0 Å². The molecule has 1 aliphatic carbocycles. The summed E-state index contributed by atoms with van der Waals surface area (Å²) >= 11 is 0. The third-order valence-corrected chi connectivity index (χ3v) is 6.14. The Kier molecular flexibility index (Phi) is 5.17. The van der Waals surface area contributed by atoms with Crippen molar-refractivity contribution in [3.8, 4) is 0 Å². The summed E-state index contributed by atoms with van der Waals surface area (Å²) in [6.45, 7) is -0.299. The largest absolute Gasteiger partial charge is 0.395 e. The van der Waals surface area contributed by atoms with Gasteiger partial charge in [-0.25, -0.2) is 18.1 Å². The van der Waals surface area contributed by atoms with Gasteiger partial charge in [0.2, 0.25) is 21.9 Å². The predicted molar refractivity (Wildman–Crippen MR) is 100 cm³/mol. The molecule has 1 aliphatic heterocycles. The highest BCUT2D eigenvalue weighted by atomic mass is 32.2. The normalized spacial score (nSPS) is 20.0. The molecule has 6 N–H and O–H groups in total. The Morgan fingerprint density at radius 2 is 1.81 bits per heavy atom. The van der Waals surface area contributed by atoms with Gasteiger partial charge in [-0.2, -0.15) is 4.99 Å². The first kappa shape index (κ1) is 18.6. The van der Waals surface area contributed by atoms with Gasteiger partial charge in [0.25, 0.3) is 0 Å².